The zero-order chi connectivity index (χ0) is 21.2. The lowest BCUT2D eigenvalue weighted by molar-refractivity contribution is 0.329. The number of nitrogens with zero attached hydrogens (tertiary/aromatic N) is 2. The number of hydrogen-bond acceptors (Lipinski definition) is 3. The van der Waals surface area contributed by atoms with E-state index in [4.69, 9.17) is 14.7 Å². The van der Waals surface area contributed by atoms with E-state index >= 15 is 0 Å². The number of hydrogen-bond donors (Lipinski definition) is 0. The summed E-state index contributed by atoms with van der Waals surface area (Å²) in [6, 6.07) is 29.0. The van der Waals surface area contributed by atoms with Crippen LogP contribution in [0.3, 0.4) is 0 Å². The highest BCUT2D eigenvalue weighted by molar-refractivity contribution is 6.61. The Balaban J connectivity index is 1.56. The van der Waals surface area contributed by atoms with Gasteiger partial charge in [-0.15, -0.1) is 0 Å². The van der Waals surface area contributed by atoms with E-state index < -0.39 is 0 Å². The summed E-state index contributed by atoms with van der Waals surface area (Å²) in [5, 5.41) is 2.45. The van der Waals surface area contributed by atoms with Crippen molar-refractivity contribution in [1.82, 2.24) is 0 Å². The highest BCUT2D eigenvalue weighted by atomic mass is 16.5. The van der Waals surface area contributed by atoms with Gasteiger partial charge in [-0.25, -0.2) is 4.99 Å². The zero-order valence-corrected chi connectivity index (χ0v) is 17.8. The van der Waals surface area contributed by atoms with Crippen molar-refractivity contribution in [1.29, 1.82) is 0 Å². The Labute approximate surface area is 182 Å². The minimum Gasteiger partial charge on any atom is -0.492 e. The van der Waals surface area contributed by atoms with Crippen LogP contribution in [0.15, 0.2) is 94.9 Å². The molecular weight excluding hydrogens is 380 g/mol. The molecule has 0 amide bonds. The Kier molecular flexibility index (Phi) is 5.09. The molecule has 0 N–H and O–H groups in total. The number of para-hydroxylation sites is 2. The molecule has 0 aromatic heterocycles. The predicted molar refractivity (Wildman–Crippen MR) is 129 cm³/mol. The van der Waals surface area contributed by atoms with Crippen molar-refractivity contribution in [3.05, 3.63) is 107 Å². The summed E-state index contributed by atoms with van der Waals surface area (Å²) in [6.07, 6.45) is 0. The lowest BCUT2D eigenvalue weighted by Gasteiger charge is -2.08. The smallest absolute Gasteiger partial charge is 0.119 e. The van der Waals surface area contributed by atoms with Crippen molar-refractivity contribution >= 4 is 27.9 Å². The average molecular weight is 405 g/mol. The van der Waals surface area contributed by atoms with Crippen LogP contribution < -0.4 is 4.74 Å². The number of ether oxygens (including phenoxy) is 1. The van der Waals surface area contributed by atoms with Gasteiger partial charge >= 0.3 is 0 Å². The molecule has 0 saturated heterocycles. The largest absolute Gasteiger partial charge is 0.492 e. The summed E-state index contributed by atoms with van der Waals surface area (Å²) in [5.41, 5.74) is 7.56. The SMILES string of the molecule is Cc1cccc(C)c1N=C1C(=NCCOc2ccccc2)c2cccc3cccc1c23. The number of aliphatic imine (C=N–C) groups is 2. The van der Waals surface area contributed by atoms with Crippen LogP contribution >= 0.6 is 0 Å². The number of benzene rings is 4. The monoisotopic (exact) mass is 404 g/mol. The topological polar surface area (TPSA) is 34.0 Å². The molecule has 1 aliphatic rings. The van der Waals surface area contributed by atoms with E-state index in [-0.39, 0.29) is 0 Å². The average Bonchev–Trinajstić information content (AvgIpc) is 3.09. The Morgan fingerprint density at radius 1 is 0.677 bits per heavy atom. The zero-order valence-electron chi connectivity index (χ0n) is 17.8. The van der Waals surface area contributed by atoms with Crippen molar-refractivity contribution < 1.29 is 4.74 Å². The first kappa shape index (κ1) is 19.3. The Hall–Kier alpha value is -3.72. The van der Waals surface area contributed by atoms with Crippen LogP contribution in [-0.2, 0) is 0 Å². The van der Waals surface area contributed by atoms with E-state index in [1.165, 1.54) is 21.9 Å². The first-order valence-corrected chi connectivity index (χ1v) is 10.6. The fourth-order valence-corrected chi connectivity index (χ4v) is 4.20. The van der Waals surface area contributed by atoms with Gasteiger partial charge in [-0.05, 0) is 42.5 Å². The molecule has 3 heteroatoms. The van der Waals surface area contributed by atoms with Crippen LogP contribution in [-0.4, -0.2) is 24.6 Å². The maximum atomic E-state index is 5.86. The van der Waals surface area contributed by atoms with Crippen molar-refractivity contribution in [2.24, 2.45) is 9.98 Å². The van der Waals surface area contributed by atoms with Crippen LogP contribution in [0, 0.1) is 13.8 Å². The molecule has 3 nitrogen and oxygen atoms in total. The van der Waals surface area contributed by atoms with Crippen LogP contribution in [0.1, 0.15) is 22.3 Å². The summed E-state index contributed by atoms with van der Waals surface area (Å²) in [5.74, 6) is 0.865. The van der Waals surface area contributed by atoms with Crippen molar-refractivity contribution in [2.45, 2.75) is 13.8 Å². The quantitative estimate of drug-likeness (QED) is 0.352. The highest BCUT2D eigenvalue weighted by Crippen LogP contribution is 2.34. The van der Waals surface area contributed by atoms with Gasteiger partial charge in [0.05, 0.1) is 23.7 Å². The molecule has 5 rings (SSSR count). The molecule has 0 heterocycles. The Morgan fingerprint density at radius 3 is 2.03 bits per heavy atom. The molecule has 4 aromatic carbocycles. The molecule has 0 bridgehead atoms. The van der Waals surface area contributed by atoms with E-state index in [9.17, 15) is 0 Å². The highest BCUT2D eigenvalue weighted by Gasteiger charge is 2.27. The second kappa shape index (κ2) is 8.19. The van der Waals surface area contributed by atoms with Crippen LogP contribution in [0.25, 0.3) is 10.8 Å². The Bertz CT molecular complexity index is 1290. The van der Waals surface area contributed by atoms with Crippen molar-refractivity contribution in [2.75, 3.05) is 13.2 Å². The minimum absolute atomic E-state index is 0.524. The van der Waals surface area contributed by atoms with Gasteiger partial charge in [-0.3, -0.25) is 4.99 Å². The minimum atomic E-state index is 0.524. The molecule has 1 aliphatic carbocycles. The molecule has 0 fully saturated rings. The normalized spacial score (nSPS) is 15.2. The van der Waals surface area contributed by atoms with Crippen LogP contribution in [0.2, 0.25) is 0 Å². The van der Waals surface area contributed by atoms with E-state index in [1.54, 1.807) is 0 Å². The molecule has 0 aliphatic heterocycles. The molecule has 31 heavy (non-hydrogen) atoms. The van der Waals surface area contributed by atoms with Crippen molar-refractivity contribution in [3.8, 4) is 5.75 Å². The molecule has 0 saturated carbocycles. The first-order valence-electron chi connectivity index (χ1n) is 10.6. The van der Waals surface area contributed by atoms with Gasteiger partial charge in [0.15, 0.2) is 0 Å². The van der Waals surface area contributed by atoms with E-state index in [2.05, 4.69) is 68.4 Å². The third kappa shape index (κ3) is 3.64. The fraction of sp³-hybridized carbons (Fsp3) is 0.143. The molecular formula is C28H24N2O. The van der Waals surface area contributed by atoms with Crippen LogP contribution in [0.4, 0.5) is 5.69 Å². The standard InChI is InChI=1S/C28H24N2O/c1-19-9-6-10-20(2)26(19)30-28-24-16-8-12-21-11-7-15-23(25(21)24)27(28)29-17-18-31-22-13-4-3-5-14-22/h3-16H,17-18H2,1-2H3. The van der Waals surface area contributed by atoms with Gasteiger partial charge in [0.25, 0.3) is 0 Å². The van der Waals surface area contributed by atoms with Gasteiger partial charge in [0.1, 0.15) is 12.4 Å². The fourth-order valence-electron chi connectivity index (χ4n) is 4.20. The number of aryl methyl sites for hydroxylation is 2. The van der Waals surface area contributed by atoms with Crippen molar-refractivity contribution in [3.63, 3.8) is 0 Å². The summed E-state index contributed by atoms with van der Waals surface area (Å²) in [6.45, 7) is 5.32. The van der Waals surface area contributed by atoms with Crippen LogP contribution in [0.5, 0.6) is 5.75 Å². The van der Waals surface area contributed by atoms with Gasteiger partial charge in [0.2, 0.25) is 0 Å². The summed E-state index contributed by atoms with van der Waals surface area (Å²) in [4.78, 5) is 10.1. The third-order valence-corrected chi connectivity index (χ3v) is 5.68. The lowest BCUT2D eigenvalue weighted by atomic mass is 10.1. The summed E-state index contributed by atoms with van der Waals surface area (Å²) in [7, 11) is 0. The van der Waals surface area contributed by atoms with Gasteiger partial charge < -0.3 is 4.74 Å². The van der Waals surface area contributed by atoms with Gasteiger partial charge in [-0.2, -0.15) is 0 Å². The second-order valence-electron chi connectivity index (χ2n) is 7.80. The summed E-state index contributed by atoms with van der Waals surface area (Å²) >= 11 is 0. The van der Waals surface area contributed by atoms with E-state index in [1.807, 2.05) is 30.3 Å². The molecule has 0 spiro atoms. The molecule has 0 atom stereocenters. The Morgan fingerprint density at radius 2 is 1.32 bits per heavy atom. The second-order valence-corrected chi connectivity index (χ2v) is 7.80. The maximum absolute atomic E-state index is 5.86. The molecule has 152 valence electrons. The predicted octanol–water partition coefficient (Wildman–Crippen LogP) is 6.46. The third-order valence-electron chi connectivity index (χ3n) is 5.68. The van der Waals surface area contributed by atoms with E-state index in [0.29, 0.717) is 13.2 Å². The van der Waals surface area contributed by atoms with Gasteiger partial charge in [0, 0.05) is 16.5 Å². The lowest BCUT2D eigenvalue weighted by Crippen LogP contribution is -2.13. The molecule has 0 unspecified atom stereocenters. The number of rotatable bonds is 5. The summed E-state index contributed by atoms with van der Waals surface area (Å²) < 4.78 is 5.86. The van der Waals surface area contributed by atoms with Gasteiger partial charge in [-0.1, -0.05) is 72.8 Å². The molecule has 4 aromatic rings. The van der Waals surface area contributed by atoms with E-state index in [0.717, 1.165) is 34.0 Å². The molecule has 0 radical (unpaired) electrons. The maximum Gasteiger partial charge on any atom is 0.119 e. The first-order chi connectivity index (χ1) is 15.2.